The average Bonchev–Trinajstić information content (AvgIpc) is 2.97. The molecule has 44 heavy (non-hydrogen) atoms. The van der Waals surface area contributed by atoms with Crippen molar-refractivity contribution in [1.29, 1.82) is 0 Å². The first kappa shape index (κ1) is 31.6. The predicted octanol–water partition coefficient (Wildman–Crippen LogP) is -1.43. The Morgan fingerprint density at radius 2 is 0.977 bits per heavy atom. The molecule has 0 aliphatic carbocycles. The minimum absolute atomic E-state index is 0.458. The average molecular weight is 620 g/mol. The van der Waals surface area contributed by atoms with Gasteiger partial charge in [0.05, 0.1) is 6.61 Å². The second-order valence-corrected chi connectivity index (χ2v) is 9.90. The number of ether oxygens (including phenoxy) is 1. The number of rotatable bonds is 7. The molecular weight excluding hydrogens is 596 g/mol. The normalized spacial score (nSPS) is 24.0. The maximum atomic E-state index is 13.7. The van der Waals surface area contributed by atoms with Crippen molar-refractivity contribution in [2.75, 3.05) is 6.61 Å². The molecule has 17 nitrogen and oxygen atoms in total. The molecule has 0 radical (unpaired) electrons. The van der Waals surface area contributed by atoms with Crippen LogP contribution in [-0.4, -0.2) is 120 Å². The third-order valence-corrected chi connectivity index (χ3v) is 7.17. The lowest BCUT2D eigenvalue weighted by atomic mass is 9.66. The van der Waals surface area contributed by atoms with Gasteiger partial charge >= 0.3 is 0 Å². The lowest BCUT2D eigenvalue weighted by Gasteiger charge is -2.50. The molecule has 1 fully saturated rings. The topological polar surface area (TPSA) is 323 Å². The summed E-state index contributed by atoms with van der Waals surface area (Å²) in [5.41, 5.74) is -9.99. The molecule has 0 saturated carbocycles. The molecule has 17 heteroatoms. The highest BCUT2D eigenvalue weighted by Gasteiger charge is 2.69. The molecule has 3 aromatic carbocycles. The molecule has 3 aromatic rings. The highest BCUT2D eigenvalue weighted by molar-refractivity contribution is 6.13. The predicted molar refractivity (Wildman–Crippen MR) is 139 cm³/mol. The minimum atomic E-state index is -3.87. The van der Waals surface area contributed by atoms with Gasteiger partial charge in [-0.05, 0) is 36.4 Å². The van der Waals surface area contributed by atoms with E-state index in [4.69, 9.17) is 4.74 Å². The molecule has 5 atom stereocenters. The Hall–Kier alpha value is -5.33. The summed E-state index contributed by atoms with van der Waals surface area (Å²) in [6.45, 7) is -1.51. The van der Waals surface area contributed by atoms with Crippen molar-refractivity contribution in [1.82, 2.24) is 0 Å². The van der Waals surface area contributed by atoms with Gasteiger partial charge in [-0.25, -0.2) is 0 Å². The Kier molecular flexibility index (Phi) is 7.72. The van der Waals surface area contributed by atoms with Crippen LogP contribution in [0.25, 0.3) is 0 Å². The number of carbonyl (C=O) groups is 3. The van der Waals surface area contributed by atoms with Gasteiger partial charge < -0.3 is 71.1 Å². The molecule has 1 aliphatic heterocycles. The van der Waals surface area contributed by atoms with E-state index in [0.717, 1.165) is 0 Å². The number of Topliss-reactive ketones (excluding diaryl/α,β-unsaturated/α-hetero) is 3. The summed E-state index contributed by atoms with van der Waals surface area (Å²) in [5.74, 6) is -14.8. The SMILES string of the molecule is O=C(c1cc(O)c(O)c(O)c1)C(O)[C@H]1OC[C@@](O)(C(=O)c2cc(O)c(O)c(O)c2)[C@](O)(C(=O)c2cc(O)c(O)c(O)c2)[C@@H]1O. The molecule has 1 unspecified atom stereocenters. The zero-order valence-electron chi connectivity index (χ0n) is 21.9. The summed E-state index contributed by atoms with van der Waals surface area (Å²) in [5, 5.41) is 133. The maximum Gasteiger partial charge on any atom is 0.201 e. The van der Waals surface area contributed by atoms with E-state index in [9.17, 15) is 80.8 Å². The number of aromatic hydroxyl groups is 9. The van der Waals surface area contributed by atoms with E-state index >= 15 is 0 Å². The van der Waals surface area contributed by atoms with Crippen molar-refractivity contribution < 1.29 is 85.5 Å². The lowest BCUT2D eigenvalue weighted by molar-refractivity contribution is -0.257. The maximum absolute atomic E-state index is 13.7. The molecule has 1 saturated heterocycles. The van der Waals surface area contributed by atoms with Crippen LogP contribution in [0.5, 0.6) is 51.7 Å². The van der Waals surface area contributed by atoms with E-state index in [2.05, 4.69) is 0 Å². The van der Waals surface area contributed by atoms with Crippen LogP contribution < -0.4 is 0 Å². The van der Waals surface area contributed by atoms with Crippen LogP contribution in [0.1, 0.15) is 31.1 Å². The zero-order valence-corrected chi connectivity index (χ0v) is 21.9. The van der Waals surface area contributed by atoms with Crippen molar-refractivity contribution in [2.24, 2.45) is 0 Å². The molecule has 4 rings (SSSR count). The number of ketones is 3. The second kappa shape index (κ2) is 10.7. The van der Waals surface area contributed by atoms with Gasteiger partial charge in [0.2, 0.25) is 11.6 Å². The van der Waals surface area contributed by atoms with Crippen LogP contribution in [0.2, 0.25) is 0 Å². The number of hydrogen-bond donors (Lipinski definition) is 13. The van der Waals surface area contributed by atoms with Crippen molar-refractivity contribution in [2.45, 2.75) is 29.5 Å². The van der Waals surface area contributed by atoms with Gasteiger partial charge in [-0.1, -0.05) is 0 Å². The Bertz CT molecular complexity index is 1630. The van der Waals surface area contributed by atoms with E-state index in [0.29, 0.717) is 36.4 Å². The Balaban J connectivity index is 1.86. The van der Waals surface area contributed by atoms with E-state index in [1.165, 1.54) is 0 Å². The summed E-state index contributed by atoms with van der Waals surface area (Å²) in [7, 11) is 0. The number of aliphatic hydroxyl groups excluding tert-OH is 2. The quantitative estimate of drug-likeness (QED) is 0.106. The number of hydrogen-bond acceptors (Lipinski definition) is 17. The first-order valence-corrected chi connectivity index (χ1v) is 12.2. The fraction of sp³-hybridized carbons (Fsp3) is 0.222. The lowest BCUT2D eigenvalue weighted by Crippen LogP contribution is -2.77. The van der Waals surface area contributed by atoms with E-state index < -0.39 is 122 Å². The van der Waals surface area contributed by atoms with Crippen molar-refractivity contribution in [3.8, 4) is 51.7 Å². The molecule has 0 amide bonds. The third kappa shape index (κ3) is 4.70. The highest BCUT2D eigenvalue weighted by Crippen LogP contribution is 2.45. The van der Waals surface area contributed by atoms with Crippen LogP contribution in [0.15, 0.2) is 36.4 Å². The van der Waals surface area contributed by atoms with E-state index in [-0.39, 0.29) is 0 Å². The van der Waals surface area contributed by atoms with Crippen LogP contribution in [0.3, 0.4) is 0 Å². The number of phenolic OH excluding ortho intramolecular Hbond substituents is 9. The van der Waals surface area contributed by atoms with Crippen LogP contribution in [-0.2, 0) is 4.74 Å². The molecule has 0 aromatic heterocycles. The molecular formula is C27H24O17. The molecule has 1 heterocycles. The third-order valence-electron chi connectivity index (χ3n) is 7.17. The van der Waals surface area contributed by atoms with E-state index in [1.807, 2.05) is 0 Å². The smallest absolute Gasteiger partial charge is 0.201 e. The first-order chi connectivity index (χ1) is 20.4. The van der Waals surface area contributed by atoms with Gasteiger partial charge in [-0.15, -0.1) is 0 Å². The Morgan fingerprint density at radius 3 is 1.36 bits per heavy atom. The van der Waals surface area contributed by atoms with Gasteiger partial charge in [0, 0.05) is 16.7 Å². The van der Waals surface area contributed by atoms with Crippen LogP contribution >= 0.6 is 0 Å². The highest BCUT2D eigenvalue weighted by atomic mass is 16.5. The zero-order chi connectivity index (χ0) is 33.0. The Labute approximate surface area is 244 Å². The summed E-state index contributed by atoms with van der Waals surface area (Å²) in [4.78, 5) is 40.3. The van der Waals surface area contributed by atoms with Crippen molar-refractivity contribution >= 4 is 17.3 Å². The van der Waals surface area contributed by atoms with Crippen molar-refractivity contribution in [3.05, 3.63) is 53.1 Å². The minimum Gasteiger partial charge on any atom is -0.504 e. The van der Waals surface area contributed by atoms with Gasteiger partial charge in [0.15, 0.2) is 68.7 Å². The van der Waals surface area contributed by atoms with Gasteiger partial charge in [0.1, 0.15) is 18.3 Å². The number of phenols is 9. The van der Waals surface area contributed by atoms with Crippen LogP contribution in [0, 0.1) is 0 Å². The van der Waals surface area contributed by atoms with Crippen molar-refractivity contribution in [3.63, 3.8) is 0 Å². The molecule has 0 bridgehead atoms. The number of carbonyl (C=O) groups excluding carboxylic acids is 3. The Morgan fingerprint density at radius 1 is 0.636 bits per heavy atom. The van der Waals surface area contributed by atoms with Gasteiger partial charge in [-0.3, -0.25) is 14.4 Å². The van der Waals surface area contributed by atoms with Gasteiger partial charge in [0.25, 0.3) is 0 Å². The number of benzene rings is 3. The molecule has 234 valence electrons. The summed E-state index contributed by atoms with van der Waals surface area (Å²) < 4.78 is 5.18. The monoisotopic (exact) mass is 620 g/mol. The second-order valence-electron chi connectivity index (χ2n) is 9.90. The number of aliphatic hydroxyl groups is 4. The first-order valence-electron chi connectivity index (χ1n) is 12.2. The van der Waals surface area contributed by atoms with Gasteiger partial charge in [-0.2, -0.15) is 0 Å². The molecule has 13 N–H and O–H groups in total. The van der Waals surface area contributed by atoms with E-state index in [1.54, 1.807) is 0 Å². The fourth-order valence-corrected chi connectivity index (χ4v) is 4.72. The largest absolute Gasteiger partial charge is 0.504 e. The van der Waals surface area contributed by atoms with Crippen LogP contribution in [0.4, 0.5) is 0 Å². The molecule has 0 spiro atoms. The molecule has 1 aliphatic rings. The summed E-state index contributed by atoms with van der Waals surface area (Å²) in [6.07, 6.45) is -7.92. The summed E-state index contributed by atoms with van der Waals surface area (Å²) >= 11 is 0. The summed E-state index contributed by atoms with van der Waals surface area (Å²) in [6, 6.07) is 3.11. The fourth-order valence-electron chi connectivity index (χ4n) is 4.72. The standard InChI is InChI=1S/C27H24O17/c28-11-1-8(2-12(29)18(11)35)17(34)21(38)22-25(41)27(43,24(40)10-5-15(32)20(37)16(33)6-10)26(42,7-44-22)23(39)9-3-13(30)19(36)14(31)4-9/h1-6,21-22,25,28-33,35-38,41-43H,7H2/t21?,22-,25-,26-,27+/m1/s1.